The average Bonchev–Trinajstić information content (AvgIpc) is 3.15. The Bertz CT molecular complexity index is 828. The van der Waals surface area contributed by atoms with Crippen LogP contribution in [0.5, 0.6) is 0 Å². The summed E-state index contributed by atoms with van der Waals surface area (Å²) in [6, 6.07) is 6.85. The SMILES string of the molecule is CC(=O)SC[C@@H](C)C(=O)N1CCC2(CCN(C(=O)c3ccc(C(C)=O)cc3)CC2)C1. The lowest BCUT2D eigenvalue weighted by Gasteiger charge is -2.39. The summed E-state index contributed by atoms with van der Waals surface area (Å²) in [5.41, 5.74) is 1.31. The second-order valence-electron chi connectivity index (χ2n) is 8.64. The highest BCUT2D eigenvalue weighted by atomic mass is 32.2. The van der Waals surface area contributed by atoms with Crippen molar-refractivity contribution >= 4 is 34.5 Å². The van der Waals surface area contributed by atoms with E-state index < -0.39 is 0 Å². The highest BCUT2D eigenvalue weighted by Gasteiger charge is 2.43. The van der Waals surface area contributed by atoms with E-state index in [1.165, 1.54) is 25.6 Å². The Hall–Kier alpha value is -2.15. The van der Waals surface area contributed by atoms with E-state index in [1.807, 2.05) is 16.7 Å². The fourth-order valence-corrected chi connectivity index (χ4v) is 5.00. The monoisotopic (exact) mass is 430 g/mol. The smallest absolute Gasteiger partial charge is 0.253 e. The second-order valence-corrected chi connectivity index (χ2v) is 9.84. The van der Waals surface area contributed by atoms with Gasteiger partial charge in [0.05, 0.1) is 0 Å². The lowest BCUT2D eigenvalue weighted by Crippen LogP contribution is -2.45. The molecule has 2 amide bonds. The quantitative estimate of drug-likeness (QED) is 0.671. The number of nitrogens with zero attached hydrogens (tertiary/aromatic N) is 2. The van der Waals surface area contributed by atoms with E-state index in [1.54, 1.807) is 24.3 Å². The van der Waals surface area contributed by atoms with Crippen LogP contribution in [0.1, 0.15) is 60.7 Å². The van der Waals surface area contributed by atoms with E-state index in [0.717, 1.165) is 32.4 Å². The maximum absolute atomic E-state index is 12.8. The summed E-state index contributed by atoms with van der Waals surface area (Å²) in [4.78, 5) is 52.0. The molecule has 2 heterocycles. The number of ketones is 1. The molecule has 2 aliphatic heterocycles. The van der Waals surface area contributed by atoms with Gasteiger partial charge in [-0.15, -0.1) is 0 Å². The summed E-state index contributed by atoms with van der Waals surface area (Å²) < 4.78 is 0. The zero-order chi connectivity index (χ0) is 21.9. The van der Waals surface area contributed by atoms with Crippen LogP contribution in [-0.2, 0) is 9.59 Å². The van der Waals surface area contributed by atoms with Crippen LogP contribution in [-0.4, -0.2) is 64.4 Å². The number of carbonyl (C=O) groups is 4. The summed E-state index contributed by atoms with van der Waals surface area (Å²) in [5.74, 6) is 0.491. The van der Waals surface area contributed by atoms with Crippen molar-refractivity contribution in [3.63, 3.8) is 0 Å². The van der Waals surface area contributed by atoms with Crippen molar-refractivity contribution in [3.8, 4) is 0 Å². The largest absolute Gasteiger partial charge is 0.342 e. The normalized spacial score (nSPS) is 19.0. The van der Waals surface area contributed by atoms with Crippen LogP contribution >= 0.6 is 11.8 Å². The second kappa shape index (κ2) is 9.33. The van der Waals surface area contributed by atoms with Gasteiger partial charge in [-0.2, -0.15) is 0 Å². The molecule has 162 valence electrons. The summed E-state index contributed by atoms with van der Waals surface area (Å²) in [5, 5.41) is 0.0421. The molecule has 0 radical (unpaired) electrons. The average molecular weight is 431 g/mol. The summed E-state index contributed by atoms with van der Waals surface area (Å²) in [6.45, 7) is 7.81. The Kier molecular flexibility index (Phi) is 7.01. The first kappa shape index (κ1) is 22.5. The Morgan fingerprint density at radius 1 is 0.933 bits per heavy atom. The standard InChI is InChI=1S/C23H30N2O4S/c1-16(14-30-18(3)27)21(28)25-13-10-23(15-25)8-11-24(12-9-23)22(29)20-6-4-19(5-7-20)17(2)26/h4-7,16H,8-15H2,1-3H3/t16-/m1/s1. The molecule has 0 bridgehead atoms. The molecule has 0 aliphatic carbocycles. The number of hydrogen-bond acceptors (Lipinski definition) is 5. The van der Waals surface area contributed by atoms with E-state index in [2.05, 4.69) is 0 Å². The molecule has 2 aliphatic rings. The molecule has 0 saturated carbocycles. The van der Waals surface area contributed by atoms with E-state index in [4.69, 9.17) is 0 Å². The minimum Gasteiger partial charge on any atom is -0.342 e. The van der Waals surface area contributed by atoms with Gasteiger partial charge in [0.2, 0.25) is 5.91 Å². The molecule has 0 N–H and O–H groups in total. The third-order valence-electron chi connectivity index (χ3n) is 6.36. The molecule has 0 aromatic heterocycles. The van der Waals surface area contributed by atoms with Gasteiger partial charge in [0.15, 0.2) is 10.9 Å². The molecule has 1 aromatic rings. The van der Waals surface area contributed by atoms with Crippen molar-refractivity contribution in [2.24, 2.45) is 11.3 Å². The molecule has 1 spiro atoms. The van der Waals surface area contributed by atoms with E-state index in [0.29, 0.717) is 30.0 Å². The number of amides is 2. The van der Waals surface area contributed by atoms with Crippen LogP contribution in [0, 0.1) is 11.3 Å². The topological polar surface area (TPSA) is 74.8 Å². The third kappa shape index (κ3) is 5.12. The van der Waals surface area contributed by atoms with Gasteiger partial charge in [-0.25, -0.2) is 0 Å². The Labute approximate surface area is 182 Å². The summed E-state index contributed by atoms with van der Waals surface area (Å²) >= 11 is 1.21. The van der Waals surface area contributed by atoms with Gasteiger partial charge >= 0.3 is 0 Å². The lowest BCUT2D eigenvalue weighted by atomic mass is 9.77. The summed E-state index contributed by atoms with van der Waals surface area (Å²) in [6.07, 6.45) is 2.76. The maximum Gasteiger partial charge on any atom is 0.253 e. The molecule has 30 heavy (non-hydrogen) atoms. The summed E-state index contributed by atoms with van der Waals surface area (Å²) in [7, 11) is 0. The number of hydrogen-bond donors (Lipinski definition) is 0. The maximum atomic E-state index is 12.8. The lowest BCUT2D eigenvalue weighted by molar-refractivity contribution is -0.133. The number of carbonyl (C=O) groups excluding carboxylic acids is 4. The predicted octanol–water partition coefficient (Wildman–Crippen LogP) is 3.26. The molecule has 2 fully saturated rings. The van der Waals surface area contributed by atoms with E-state index in [-0.39, 0.29) is 34.0 Å². The number of rotatable bonds is 5. The van der Waals surface area contributed by atoms with E-state index >= 15 is 0 Å². The zero-order valence-electron chi connectivity index (χ0n) is 18.0. The van der Waals surface area contributed by atoms with Crippen molar-refractivity contribution in [2.75, 3.05) is 31.9 Å². The van der Waals surface area contributed by atoms with Crippen LogP contribution in [0.4, 0.5) is 0 Å². The van der Waals surface area contributed by atoms with E-state index in [9.17, 15) is 19.2 Å². The molecular weight excluding hydrogens is 400 g/mol. The number of likely N-dealkylation sites (tertiary alicyclic amines) is 2. The predicted molar refractivity (Wildman–Crippen MR) is 118 cm³/mol. The van der Waals surface area contributed by atoms with Crippen LogP contribution < -0.4 is 0 Å². The highest BCUT2D eigenvalue weighted by Crippen LogP contribution is 2.41. The Morgan fingerprint density at radius 2 is 1.47 bits per heavy atom. The molecule has 3 rings (SSSR count). The van der Waals surface area contributed by atoms with Crippen LogP contribution in [0.25, 0.3) is 0 Å². The Morgan fingerprint density at radius 3 is 2.00 bits per heavy atom. The molecule has 7 heteroatoms. The van der Waals surface area contributed by atoms with Crippen molar-refractivity contribution in [2.45, 2.75) is 40.0 Å². The van der Waals surface area contributed by atoms with Gasteiger partial charge in [0, 0.05) is 55.9 Å². The third-order valence-corrected chi connectivity index (χ3v) is 7.43. The van der Waals surface area contributed by atoms with Gasteiger partial charge in [0.1, 0.15) is 0 Å². The van der Waals surface area contributed by atoms with Crippen LogP contribution in [0.2, 0.25) is 0 Å². The number of thioether (sulfide) groups is 1. The van der Waals surface area contributed by atoms with Gasteiger partial charge in [-0.05, 0) is 43.7 Å². The first-order valence-electron chi connectivity index (χ1n) is 10.5. The number of benzene rings is 1. The molecule has 1 atom stereocenters. The molecule has 2 saturated heterocycles. The van der Waals surface area contributed by atoms with Gasteiger partial charge in [-0.1, -0.05) is 30.8 Å². The highest BCUT2D eigenvalue weighted by molar-refractivity contribution is 8.13. The van der Waals surface area contributed by atoms with Gasteiger partial charge in [-0.3, -0.25) is 19.2 Å². The fraction of sp³-hybridized carbons (Fsp3) is 0.565. The van der Waals surface area contributed by atoms with Gasteiger partial charge < -0.3 is 9.80 Å². The first-order valence-corrected chi connectivity index (χ1v) is 11.5. The Balaban J connectivity index is 1.53. The molecular formula is C23H30N2O4S. The van der Waals surface area contributed by atoms with Crippen LogP contribution in [0.15, 0.2) is 24.3 Å². The van der Waals surface area contributed by atoms with Crippen molar-refractivity contribution in [1.82, 2.24) is 9.80 Å². The molecule has 1 aromatic carbocycles. The first-order chi connectivity index (χ1) is 14.2. The van der Waals surface area contributed by atoms with Crippen molar-refractivity contribution in [1.29, 1.82) is 0 Å². The van der Waals surface area contributed by atoms with Crippen molar-refractivity contribution < 1.29 is 19.2 Å². The molecule has 0 unspecified atom stereocenters. The number of piperidine rings is 1. The minimum atomic E-state index is -0.159. The molecule has 6 nitrogen and oxygen atoms in total. The zero-order valence-corrected chi connectivity index (χ0v) is 18.8. The fourth-order valence-electron chi connectivity index (χ4n) is 4.37. The number of Topliss-reactive ketones (excluding diaryl/α,β-unsaturated/α-hetero) is 1. The van der Waals surface area contributed by atoms with Gasteiger partial charge in [0.25, 0.3) is 5.91 Å². The minimum absolute atomic E-state index is 0.000705. The van der Waals surface area contributed by atoms with Crippen LogP contribution in [0.3, 0.4) is 0 Å². The van der Waals surface area contributed by atoms with Crippen molar-refractivity contribution in [3.05, 3.63) is 35.4 Å².